The lowest BCUT2D eigenvalue weighted by Crippen LogP contribution is -1.89. The number of thiophene rings is 1. The number of carboxylic acids is 1. The first-order chi connectivity index (χ1) is 11.1. The Bertz CT molecular complexity index is 836. The fourth-order valence-electron chi connectivity index (χ4n) is 2.30. The Hall–Kier alpha value is -1.75. The third-order valence-corrected chi connectivity index (χ3v) is 5.62. The van der Waals surface area contributed by atoms with Crippen molar-refractivity contribution >= 4 is 40.7 Å². The molecular formula is C18H13ClO2S2. The number of halogens is 1. The molecule has 0 amide bonds. The second-order valence-electron chi connectivity index (χ2n) is 4.89. The first kappa shape index (κ1) is 16.1. The number of thioether (sulfide) groups is 1. The molecule has 0 atom stereocenters. The fourth-order valence-corrected chi connectivity index (χ4v) is 3.86. The third kappa shape index (κ3) is 3.44. The molecule has 0 bridgehead atoms. The van der Waals surface area contributed by atoms with E-state index in [4.69, 9.17) is 11.6 Å². The zero-order valence-electron chi connectivity index (χ0n) is 12.2. The first-order valence-electron chi connectivity index (χ1n) is 6.86. The minimum atomic E-state index is -0.905. The maximum atomic E-state index is 11.4. The van der Waals surface area contributed by atoms with Crippen LogP contribution in [0.4, 0.5) is 0 Å². The number of hydrogen-bond donors (Lipinski definition) is 1. The van der Waals surface area contributed by atoms with E-state index in [2.05, 4.69) is 0 Å². The van der Waals surface area contributed by atoms with Crippen LogP contribution in [0, 0.1) is 0 Å². The van der Waals surface area contributed by atoms with Crippen molar-refractivity contribution in [1.82, 2.24) is 0 Å². The second-order valence-corrected chi connectivity index (χ2v) is 7.26. The van der Waals surface area contributed by atoms with Gasteiger partial charge in [-0.3, -0.25) is 0 Å². The van der Waals surface area contributed by atoms with Crippen LogP contribution < -0.4 is 0 Å². The van der Waals surface area contributed by atoms with Gasteiger partial charge in [0, 0.05) is 20.4 Å². The van der Waals surface area contributed by atoms with Crippen molar-refractivity contribution in [2.75, 3.05) is 6.26 Å². The molecule has 0 aliphatic rings. The van der Waals surface area contributed by atoms with Crippen molar-refractivity contribution in [3.63, 3.8) is 0 Å². The number of hydrogen-bond acceptors (Lipinski definition) is 3. The monoisotopic (exact) mass is 360 g/mol. The van der Waals surface area contributed by atoms with Crippen LogP contribution >= 0.6 is 34.7 Å². The summed E-state index contributed by atoms with van der Waals surface area (Å²) in [6.45, 7) is 0. The summed E-state index contributed by atoms with van der Waals surface area (Å²) in [7, 11) is 0. The highest BCUT2D eigenvalue weighted by atomic mass is 35.5. The van der Waals surface area contributed by atoms with E-state index in [9.17, 15) is 9.90 Å². The SMILES string of the molecule is CSc1ccc(-c2cc(C(=O)O)sc2-c2ccc(Cl)cc2)cc1. The smallest absolute Gasteiger partial charge is 0.345 e. The van der Waals surface area contributed by atoms with Crippen LogP contribution in [-0.2, 0) is 0 Å². The van der Waals surface area contributed by atoms with Gasteiger partial charge < -0.3 is 5.11 Å². The number of benzene rings is 2. The second kappa shape index (κ2) is 6.79. The minimum Gasteiger partial charge on any atom is -0.477 e. The Labute approximate surface area is 147 Å². The molecule has 0 saturated carbocycles. The standard InChI is InChI=1S/C18H13ClO2S2/c1-22-14-8-4-11(5-9-14)15-10-16(18(20)21)23-17(15)12-2-6-13(19)7-3-12/h2-10H,1H3,(H,20,21). The summed E-state index contributed by atoms with van der Waals surface area (Å²) in [4.78, 5) is 13.8. The summed E-state index contributed by atoms with van der Waals surface area (Å²) in [5.74, 6) is -0.905. The zero-order chi connectivity index (χ0) is 16.4. The van der Waals surface area contributed by atoms with E-state index in [1.807, 2.05) is 54.8 Å². The Morgan fingerprint density at radius 3 is 2.22 bits per heavy atom. The molecule has 3 aromatic rings. The van der Waals surface area contributed by atoms with Crippen molar-refractivity contribution in [2.45, 2.75) is 4.90 Å². The summed E-state index contributed by atoms with van der Waals surface area (Å²) in [6.07, 6.45) is 2.03. The van der Waals surface area contributed by atoms with Crippen molar-refractivity contribution < 1.29 is 9.90 Å². The summed E-state index contributed by atoms with van der Waals surface area (Å²) < 4.78 is 0. The van der Waals surface area contributed by atoms with Gasteiger partial charge in [0.15, 0.2) is 0 Å². The molecule has 0 radical (unpaired) electrons. The van der Waals surface area contributed by atoms with E-state index in [1.165, 1.54) is 16.2 Å². The average molecular weight is 361 g/mol. The molecular weight excluding hydrogens is 348 g/mol. The third-order valence-electron chi connectivity index (χ3n) is 3.45. The van der Waals surface area contributed by atoms with Gasteiger partial charge in [-0.15, -0.1) is 23.1 Å². The van der Waals surface area contributed by atoms with Crippen molar-refractivity contribution in [1.29, 1.82) is 0 Å². The lowest BCUT2D eigenvalue weighted by Gasteiger charge is -2.05. The Kier molecular flexibility index (Phi) is 4.76. The molecule has 5 heteroatoms. The van der Waals surface area contributed by atoms with Gasteiger partial charge in [0.25, 0.3) is 0 Å². The van der Waals surface area contributed by atoms with Gasteiger partial charge in [-0.05, 0) is 47.7 Å². The summed E-state index contributed by atoms with van der Waals surface area (Å²) >= 11 is 8.91. The normalized spacial score (nSPS) is 10.7. The maximum absolute atomic E-state index is 11.4. The quantitative estimate of drug-likeness (QED) is 0.566. The lowest BCUT2D eigenvalue weighted by molar-refractivity contribution is 0.0702. The molecule has 3 rings (SSSR count). The number of aromatic carboxylic acids is 1. The molecule has 0 spiro atoms. The minimum absolute atomic E-state index is 0.332. The highest BCUT2D eigenvalue weighted by Gasteiger charge is 2.16. The van der Waals surface area contributed by atoms with E-state index >= 15 is 0 Å². The van der Waals surface area contributed by atoms with Crippen molar-refractivity contribution in [3.8, 4) is 21.6 Å². The molecule has 1 aromatic heterocycles. The first-order valence-corrected chi connectivity index (χ1v) is 9.28. The molecule has 2 nitrogen and oxygen atoms in total. The van der Waals surface area contributed by atoms with E-state index in [-0.39, 0.29) is 0 Å². The van der Waals surface area contributed by atoms with Crippen LogP contribution in [0.15, 0.2) is 59.5 Å². The molecule has 0 unspecified atom stereocenters. The molecule has 2 aromatic carbocycles. The largest absolute Gasteiger partial charge is 0.477 e. The summed E-state index contributed by atoms with van der Waals surface area (Å²) in [5, 5.41) is 9.99. The predicted molar refractivity (Wildman–Crippen MR) is 98.9 cm³/mol. The van der Waals surface area contributed by atoms with Crippen LogP contribution in [0.25, 0.3) is 21.6 Å². The van der Waals surface area contributed by atoms with Crippen LogP contribution in [0.1, 0.15) is 9.67 Å². The van der Waals surface area contributed by atoms with Crippen LogP contribution in [0.5, 0.6) is 0 Å². The van der Waals surface area contributed by atoms with Crippen LogP contribution in [-0.4, -0.2) is 17.3 Å². The molecule has 0 aliphatic carbocycles. The van der Waals surface area contributed by atoms with Crippen molar-refractivity contribution in [2.24, 2.45) is 0 Å². The van der Waals surface area contributed by atoms with Crippen molar-refractivity contribution in [3.05, 3.63) is 64.5 Å². The molecule has 1 heterocycles. The maximum Gasteiger partial charge on any atom is 0.345 e. The van der Waals surface area contributed by atoms with E-state index in [1.54, 1.807) is 17.8 Å². The van der Waals surface area contributed by atoms with Crippen LogP contribution in [0.2, 0.25) is 5.02 Å². The van der Waals surface area contributed by atoms with Gasteiger partial charge in [-0.1, -0.05) is 35.9 Å². The average Bonchev–Trinajstić information content (AvgIpc) is 3.01. The summed E-state index contributed by atoms with van der Waals surface area (Å²) in [5.41, 5.74) is 2.91. The van der Waals surface area contributed by atoms with Crippen LogP contribution in [0.3, 0.4) is 0 Å². The Morgan fingerprint density at radius 2 is 1.65 bits per heavy atom. The number of carbonyl (C=O) groups is 1. The van der Waals surface area contributed by atoms with Gasteiger partial charge in [0.1, 0.15) is 4.88 Å². The Morgan fingerprint density at radius 1 is 1.04 bits per heavy atom. The molecule has 0 fully saturated rings. The van der Waals surface area contributed by atoms with Gasteiger partial charge in [0.05, 0.1) is 0 Å². The number of rotatable bonds is 4. The van der Waals surface area contributed by atoms with Gasteiger partial charge >= 0.3 is 5.97 Å². The fraction of sp³-hybridized carbons (Fsp3) is 0.0556. The molecule has 1 N–H and O–H groups in total. The molecule has 116 valence electrons. The van der Waals surface area contributed by atoms with E-state index in [0.717, 1.165) is 21.6 Å². The zero-order valence-corrected chi connectivity index (χ0v) is 14.6. The lowest BCUT2D eigenvalue weighted by atomic mass is 10.0. The topological polar surface area (TPSA) is 37.3 Å². The molecule has 23 heavy (non-hydrogen) atoms. The van der Waals surface area contributed by atoms with Gasteiger partial charge in [0.2, 0.25) is 0 Å². The molecule has 0 saturated heterocycles. The number of carboxylic acid groups (broad SMARTS) is 1. The predicted octanol–water partition coefficient (Wildman–Crippen LogP) is 6.16. The Balaban J connectivity index is 2.13. The van der Waals surface area contributed by atoms with E-state index < -0.39 is 5.97 Å². The van der Waals surface area contributed by atoms with Gasteiger partial charge in [-0.25, -0.2) is 4.79 Å². The highest BCUT2D eigenvalue weighted by Crippen LogP contribution is 2.40. The molecule has 0 aliphatic heterocycles. The van der Waals surface area contributed by atoms with E-state index in [0.29, 0.717) is 9.90 Å². The summed E-state index contributed by atoms with van der Waals surface area (Å²) in [6, 6.07) is 17.4. The highest BCUT2D eigenvalue weighted by molar-refractivity contribution is 7.98. The van der Waals surface area contributed by atoms with Gasteiger partial charge in [-0.2, -0.15) is 0 Å².